The Kier molecular flexibility index (Phi) is 5.69. The van der Waals surface area contributed by atoms with Gasteiger partial charge in [-0.1, -0.05) is 23.3 Å². The van der Waals surface area contributed by atoms with Crippen LogP contribution in [0, 0.1) is 18.2 Å². The van der Waals surface area contributed by atoms with E-state index in [4.69, 9.17) is 0 Å². The summed E-state index contributed by atoms with van der Waals surface area (Å²) in [5.41, 5.74) is 3.01. The number of carbonyl (C=O) groups is 1. The molecule has 6 rings (SSSR count). The molecule has 0 saturated carbocycles. The molecule has 8 nitrogen and oxygen atoms in total. The molecule has 3 heterocycles. The summed E-state index contributed by atoms with van der Waals surface area (Å²) in [5.74, 6) is -0.282. The van der Waals surface area contributed by atoms with E-state index in [2.05, 4.69) is 10.1 Å². The van der Waals surface area contributed by atoms with Crippen molar-refractivity contribution in [3.8, 4) is 5.69 Å². The number of hydrogen-bond donors (Lipinski definition) is 0. The number of aryl methyl sites for hydroxylation is 2. The number of piperidine rings is 1. The number of ketones is 1. The maximum atomic E-state index is 14.2. The highest BCUT2D eigenvalue weighted by Gasteiger charge is 2.52. The van der Waals surface area contributed by atoms with Crippen molar-refractivity contribution in [3.63, 3.8) is 0 Å². The fraction of sp³-hybridized carbons (Fsp3) is 0.250. The minimum Gasteiger partial charge on any atom is -0.332 e. The molecule has 2 aromatic heterocycles. The van der Waals surface area contributed by atoms with Crippen LogP contribution in [0.15, 0.2) is 77.6 Å². The van der Waals surface area contributed by atoms with Crippen LogP contribution in [0.3, 0.4) is 0 Å². The second kappa shape index (κ2) is 8.85. The Morgan fingerprint density at radius 2 is 1.82 bits per heavy atom. The van der Waals surface area contributed by atoms with Crippen LogP contribution in [0.25, 0.3) is 11.8 Å². The Labute approximate surface area is 220 Å². The van der Waals surface area contributed by atoms with Crippen molar-refractivity contribution < 1.29 is 17.6 Å². The first-order valence-corrected chi connectivity index (χ1v) is 13.8. The van der Waals surface area contributed by atoms with Gasteiger partial charge in [-0.25, -0.2) is 22.5 Å². The van der Waals surface area contributed by atoms with Crippen LogP contribution in [0.4, 0.5) is 4.39 Å². The minimum atomic E-state index is -3.83. The molecule has 1 saturated heterocycles. The van der Waals surface area contributed by atoms with E-state index in [9.17, 15) is 17.6 Å². The molecule has 4 aromatic rings. The molecule has 1 atom stereocenters. The Morgan fingerprint density at radius 3 is 2.50 bits per heavy atom. The van der Waals surface area contributed by atoms with Gasteiger partial charge in [-0.15, -0.1) is 0 Å². The summed E-state index contributed by atoms with van der Waals surface area (Å²) in [6.07, 6.45) is 7.59. The van der Waals surface area contributed by atoms with E-state index in [0.29, 0.717) is 12.1 Å². The van der Waals surface area contributed by atoms with E-state index in [1.807, 2.05) is 13.0 Å². The van der Waals surface area contributed by atoms with E-state index in [1.54, 1.807) is 71.3 Å². The highest BCUT2D eigenvalue weighted by Crippen LogP contribution is 2.47. The summed E-state index contributed by atoms with van der Waals surface area (Å²) in [6.45, 7) is 2.15. The molecule has 1 aliphatic carbocycles. The average molecular weight is 532 g/mol. The molecule has 0 spiro atoms. The summed E-state index contributed by atoms with van der Waals surface area (Å²) >= 11 is 0. The van der Waals surface area contributed by atoms with Crippen molar-refractivity contribution in [2.45, 2.75) is 24.7 Å². The van der Waals surface area contributed by atoms with Crippen molar-refractivity contribution in [1.29, 1.82) is 0 Å². The maximum Gasteiger partial charge on any atom is 0.243 e. The van der Waals surface area contributed by atoms with Crippen molar-refractivity contribution in [2.24, 2.45) is 12.5 Å². The first kappa shape index (κ1) is 24.4. The molecular weight excluding hydrogens is 505 g/mol. The van der Waals surface area contributed by atoms with Crippen molar-refractivity contribution in [2.75, 3.05) is 13.1 Å². The Morgan fingerprint density at radius 1 is 1.08 bits per heavy atom. The zero-order chi connectivity index (χ0) is 26.7. The van der Waals surface area contributed by atoms with Gasteiger partial charge in [-0.2, -0.15) is 9.40 Å². The number of aromatic nitrogens is 4. The van der Waals surface area contributed by atoms with Gasteiger partial charge < -0.3 is 4.57 Å². The number of hydrogen-bond acceptors (Lipinski definition) is 5. The van der Waals surface area contributed by atoms with E-state index in [1.165, 1.54) is 16.4 Å². The zero-order valence-electron chi connectivity index (χ0n) is 21.0. The molecule has 0 amide bonds. The standard InChI is InChI=1S/C28H26FN5O3S/c1-19-3-9-24(10-4-19)38(36,37)33-13-11-21-15-25-20(17-31-34(25)23-7-5-22(29)6-8-23)16-28(21,18-33)26(35)27-30-12-14-32(27)2/h3-10,12,14-15,17H,11,13,16,18H2,1-2H3/t28-/m0/s1. The number of benzene rings is 2. The fourth-order valence-corrected chi connectivity index (χ4v) is 6.97. The number of Topliss-reactive ketones (excluding diaryl/α,β-unsaturated/α-hetero) is 1. The number of rotatable bonds is 5. The van der Waals surface area contributed by atoms with Gasteiger partial charge in [-0.05, 0) is 67.8 Å². The summed E-state index contributed by atoms with van der Waals surface area (Å²) in [4.78, 5) is 18.7. The first-order valence-electron chi connectivity index (χ1n) is 12.3. The van der Waals surface area contributed by atoms with Crippen LogP contribution in [-0.2, 0) is 23.5 Å². The summed E-state index contributed by atoms with van der Waals surface area (Å²) in [5, 5.41) is 4.54. The lowest BCUT2D eigenvalue weighted by molar-refractivity contribution is 0.0760. The second-order valence-corrected chi connectivity index (χ2v) is 11.9. The monoisotopic (exact) mass is 531 g/mol. The molecule has 0 N–H and O–H groups in total. The molecule has 0 unspecified atom stereocenters. The molecule has 38 heavy (non-hydrogen) atoms. The maximum absolute atomic E-state index is 14.2. The van der Waals surface area contributed by atoms with Gasteiger partial charge in [-0.3, -0.25) is 4.79 Å². The predicted molar refractivity (Wildman–Crippen MR) is 140 cm³/mol. The number of imidazole rings is 1. The van der Waals surface area contributed by atoms with Gasteiger partial charge in [0.25, 0.3) is 0 Å². The third kappa shape index (κ3) is 3.83. The number of fused-ring (bicyclic) bond motifs is 2. The summed E-state index contributed by atoms with van der Waals surface area (Å²) < 4.78 is 45.7. The van der Waals surface area contributed by atoms with E-state index in [0.717, 1.165) is 22.4 Å². The Bertz CT molecular complexity index is 1690. The lowest BCUT2D eigenvalue weighted by atomic mass is 9.66. The normalized spacial score (nSPS) is 19.5. The SMILES string of the molecule is Cc1ccc(S(=O)(=O)N2CCC3=Cc4c(cnn4-c4ccc(F)cc4)C[C@]3(C(=O)c3nccn3C)C2)cc1. The number of halogens is 1. The quantitative estimate of drug-likeness (QED) is 0.364. The van der Waals surface area contributed by atoms with Gasteiger partial charge in [0, 0.05) is 32.5 Å². The van der Waals surface area contributed by atoms with Gasteiger partial charge >= 0.3 is 0 Å². The number of sulfonamides is 1. The van der Waals surface area contributed by atoms with Gasteiger partial charge in [0.1, 0.15) is 5.82 Å². The molecular formula is C28H26FN5O3S. The summed E-state index contributed by atoms with van der Waals surface area (Å²) in [6, 6.07) is 12.8. The molecule has 2 aromatic carbocycles. The third-order valence-electron chi connectivity index (χ3n) is 7.57. The van der Waals surface area contributed by atoms with Crippen LogP contribution < -0.4 is 0 Å². The average Bonchev–Trinajstić information content (AvgIpc) is 3.52. The van der Waals surface area contributed by atoms with Crippen molar-refractivity contribution in [3.05, 3.63) is 101 Å². The van der Waals surface area contributed by atoms with Crippen molar-refractivity contribution >= 4 is 21.9 Å². The number of carbonyl (C=O) groups excluding carboxylic acids is 1. The van der Waals surface area contributed by atoms with Gasteiger partial charge in [0.2, 0.25) is 15.8 Å². The molecule has 194 valence electrons. The highest BCUT2D eigenvalue weighted by atomic mass is 32.2. The molecule has 1 fully saturated rings. The van der Waals surface area contributed by atoms with E-state index < -0.39 is 15.4 Å². The third-order valence-corrected chi connectivity index (χ3v) is 9.43. The lowest BCUT2D eigenvalue weighted by Crippen LogP contribution is -2.53. The highest BCUT2D eigenvalue weighted by molar-refractivity contribution is 7.89. The largest absolute Gasteiger partial charge is 0.332 e. The van der Waals surface area contributed by atoms with Crippen LogP contribution in [0.2, 0.25) is 0 Å². The van der Waals surface area contributed by atoms with E-state index >= 15 is 0 Å². The smallest absolute Gasteiger partial charge is 0.243 e. The molecule has 10 heteroatoms. The summed E-state index contributed by atoms with van der Waals surface area (Å²) in [7, 11) is -2.07. The van der Waals surface area contributed by atoms with Crippen LogP contribution in [-0.4, -0.2) is 50.9 Å². The molecule has 2 aliphatic rings. The molecule has 1 aliphatic heterocycles. The first-order chi connectivity index (χ1) is 18.2. The van der Waals surface area contributed by atoms with Crippen LogP contribution >= 0.6 is 0 Å². The van der Waals surface area contributed by atoms with Crippen molar-refractivity contribution in [1.82, 2.24) is 23.6 Å². The molecule has 0 bridgehead atoms. The topological polar surface area (TPSA) is 90.1 Å². The second-order valence-electron chi connectivity index (χ2n) is 9.96. The minimum absolute atomic E-state index is 0.00189. The Hall–Kier alpha value is -3.89. The Balaban J connectivity index is 1.45. The fourth-order valence-electron chi connectivity index (χ4n) is 5.47. The van der Waals surface area contributed by atoms with E-state index in [-0.39, 0.29) is 41.8 Å². The molecule has 0 radical (unpaired) electrons. The predicted octanol–water partition coefficient (Wildman–Crippen LogP) is 3.96. The van der Waals surface area contributed by atoms with Crippen LogP contribution in [0.5, 0.6) is 0 Å². The lowest BCUT2D eigenvalue weighted by Gasteiger charge is -2.44. The van der Waals surface area contributed by atoms with Gasteiger partial charge in [0.15, 0.2) is 5.82 Å². The zero-order valence-corrected chi connectivity index (χ0v) is 21.8. The number of nitrogens with zero attached hydrogens (tertiary/aromatic N) is 5. The van der Waals surface area contributed by atoms with Crippen LogP contribution in [0.1, 0.15) is 33.9 Å². The van der Waals surface area contributed by atoms with Gasteiger partial charge in [0.05, 0.1) is 27.9 Å².